The number of benzene rings is 1. The molecule has 1 aromatic heterocycles. The smallest absolute Gasteiger partial charge is 0.223 e. The Balaban J connectivity index is 1.61. The van der Waals surface area contributed by atoms with Gasteiger partial charge in [-0.15, -0.1) is 0 Å². The molecule has 112 valence electrons. The van der Waals surface area contributed by atoms with Crippen molar-refractivity contribution in [3.05, 3.63) is 40.5 Å². The normalized spacial score (nSPS) is 16.4. The van der Waals surface area contributed by atoms with E-state index in [9.17, 15) is 0 Å². The fourth-order valence-corrected chi connectivity index (χ4v) is 2.84. The molecule has 0 atom stereocenters. The van der Waals surface area contributed by atoms with Gasteiger partial charge in [0.05, 0.1) is 6.54 Å². The minimum Gasteiger partial charge on any atom is -0.369 e. The average molecular weight is 307 g/mol. The predicted molar refractivity (Wildman–Crippen MR) is 82.7 cm³/mol. The summed E-state index contributed by atoms with van der Waals surface area (Å²) >= 11 is 6.11. The summed E-state index contributed by atoms with van der Waals surface area (Å²) in [5.41, 5.74) is 2.50. The third kappa shape index (κ3) is 3.36. The number of hydrogen-bond acceptors (Lipinski definition) is 5. The van der Waals surface area contributed by atoms with E-state index in [4.69, 9.17) is 16.1 Å². The van der Waals surface area contributed by atoms with Gasteiger partial charge in [-0.05, 0) is 24.6 Å². The van der Waals surface area contributed by atoms with Crippen LogP contribution in [0.2, 0.25) is 5.02 Å². The fourth-order valence-electron chi connectivity index (χ4n) is 2.68. The van der Waals surface area contributed by atoms with Crippen molar-refractivity contribution >= 4 is 17.3 Å². The third-order valence-electron chi connectivity index (χ3n) is 3.82. The summed E-state index contributed by atoms with van der Waals surface area (Å²) in [5.74, 6) is 1.39. The molecule has 5 nitrogen and oxygen atoms in total. The summed E-state index contributed by atoms with van der Waals surface area (Å²) in [5, 5.41) is 4.75. The minimum absolute atomic E-state index is 0.623. The highest BCUT2D eigenvalue weighted by Gasteiger charge is 2.20. The van der Waals surface area contributed by atoms with E-state index in [-0.39, 0.29) is 0 Å². The number of aromatic nitrogens is 2. The monoisotopic (exact) mass is 306 g/mol. The topological polar surface area (TPSA) is 45.4 Å². The lowest BCUT2D eigenvalue weighted by molar-refractivity contribution is 0.240. The molecule has 1 aliphatic rings. The van der Waals surface area contributed by atoms with Crippen molar-refractivity contribution in [3.8, 4) is 0 Å². The molecular weight excluding hydrogens is 288 g/mol. The van der Waals surface area contributed by atoms with Crippen molar-refractivity contribution < 1.29 is 4.52 Å². The van der Waals surface area contributed by atoms with E-state index in [1.807, 2.05) is 13.0 Å². The van der Waals surface area contributed by atoms with E-state index < -0.39 is 0 Å². The number of piperazine rings is 1. The van der Waals surface area contributed by atoms with Gasteiger partial charge in [0.25, 0.3) is 0 Å². The highest BCUT2D eigenvalue weighted by atomic mass is 35.5. The van der Waals surface area contributed by atoms with Gasteiger partial charge in [0, 0.05) is 43.8 Å². The first-order valence-corrected chi connectivity index (χ1v) is 7.52. The Morgan fingerprint density at radius 2 is 1.95 bits per heavy atom. The van der Waals surface area contributed by atoms with Gasteiger partial charge in [-0.3, -0.25) is 4.90 Å². The number of anilines is 1. The molecule has 0 radical (unpaired) electrons. The molecule has 0 amide bonds. The van der Waals surface area contributed by atoms with Crippen molar-refractivity contribution in [2.24, 2.45) is 0 Å². The van der Waals surface area contributed by atoms with Gasteiger partial charge in [0.15, 0.2) is 5.82 Å². The number of rotatable bonds is 3. The molecule has 1 saturated heterocycles. The highest BCUT2D eigenvalue weighted by molar-refractivity contribution is 6.30. The van der Waals surface area contributed by atoms with Crippen LogP contribution in [0.5, 0.6) is 0 Å². The maximum atomic E-state index is 6.11. The molecule has 0 aliphatic carbocycles. The van der Waals surface area contributed by atoms with Crippen LogP contribution in [0, 0.1) is 13.8 Å². The second-order valence-corrected chi connectivity index (χ2v) is 5.86. The largest absolute Gasteiger partial charge is 0.369 e. The zero-order valence-electron chi connectivity index (χ0n) is 12.3. The standard InChI is InChI=1S/C15H19ClN4O/c1-11-3-4-13(16)9-14(11)20-7-5-19(6-8-20)10-15-17-12(2)21-18-15/h3-4,9H,5-8,10H2,1-2H3. The van der Waals surface area contributed by atoms with Crippen LogP contribution in [0.1, 0.15) is 17.3 Å². The molecule has 2 aromatic rings. The first-order chi connectivity index (χ1) is 10.1. The zero-order chi connectivity index (χ0) is 14.8. The summed E-state index contributed by atoms with van der Waals surface area (Å²) < 4.78 is 5.01. The Bertz CT molecular complexity index is 620. The molecule has 1 fully saturated rings. The average Bonchev–Trinajstić information content (AvgIpc) is 2.88. The van der Waals surface area contributed by atoms with Crippen molar-refractivity contribution in [3.63, 3.8) is 0 Å². The van der Waals surface area contributed by atoms with Gasteiger partial charge in [-0.2, -0.15) is 4.98 Å². The molecule has 0 unspecified atom stereocenters. The Labute approximate surface area is 129 Å². The maximum Gasteiger partial charge on any atom is 0.223 e. The minimum atomic E-state index is 0.623. The van der Waals surface area contributed by atoms with Crippen LogP contribution < -0.4 is 4.90 Å². The first kappa shape index (κ1) is 14.4. The van der Waals surface area contributed by atoms with Gasteiger partial charge in [-0.25, -0.2) is 0 Å². The van der Waals surface area contributed by atoms with Crippen LogP contribution in [0.3, 0.4) is 0 Å². The van der Waals surface area contributed by atoms with Crippen molar-refractivity contribution in [2.45, 2.75) is 20.4 Å². The SMILES string of the molecule is Cc1nc(CN2CCN(c3cc(Cl)ccc3C)CC2)no1. The van der Waals surface area contributed by atoms with E-state index in [2.05, 4.69) is 39.0 Å². The molecule has 1 aromatic carbocycles. The highest BCUT2D eigenvalue weighted by Crippen LogP contribution is 2.25. The summed E-state index contributed by atoms with van der Waals surface area (Å²) in [6, 6.07) is 6.07. The number of halogens is 1. The second-order valence-electron chi connectivity index (χ2n) is 5.42. The third-order valence-corrected chi connectivity index (χ3v) is 4.05. The maximum absolute atomic E-state index is 6.11. The van der Waals surface area contributed by atoms with Gasteiger partial charge in [0.1, 0.15) is 0 Å². The van der Waals surface area contributed by atoms with E-state index in [1.165, 1.54) is 11.3 Å². The number of nitrogens with zero attached hydrogens (tertiary/aromatic N) is 4. The summed E-state index contributed by atoms with van der Waals surface area (Å²) in [7, 11) is 0. The number of aryl methyl sites for hydroxylation is 2. The lowest BCUT2D eigenvalue weighted by atomic mass is 10.1. The van der Waals surface area contributed by atoms with Gasteiger partial charge in [0.2, 0.25) is 5.89 Å². The van der Waals surface area contributed by atoms with Crippen LogP contribution in [-0.2, 0) is 6.54 Å². The quantitative estimate of drug-likeness (QED) is 0.872. The lowest BCUT2D eigenvalue weighted by Crippen LogP contribution is -2.46. The van der Waals surface area contributed by atoms with Crippen molar-refractivity contribution in [1.29, 1.82) is 0 Å². The molecule has 0 N–H and O–H groups in total. The molecule has 0 bridgehead atoms. The van der Waals surface area contributed by atoms with Crippen LogP contribution >= 0.6 is 11.6 Å². The van der Waals surface area contributed by atoms with Crippen molar-refractivity contribution in [1.82, 2.24) is 15.0 Å². The van der Waals surface area contributed by atoms with E-state index in [0.717, 1.165) is 43.6 Å². The summed E-state index contributed by atoms with van der Waals surface area (Å²) in [6.07, 6.45) is 0. The van der Waals surface area contributed by atoms with Crippen LogP contribution in [0.15, 0.2) is 22.7 Å². The summed E-state index contributed by atoms with van der Waals surface area (Å²) in [4.78, 5) is 8.99. The molecule has 0 saturated carbocycles. The molecule has 1 aliphatic heterocycles. The first-order valence-electron chi connectivity index (χ1n) is 7.14. The zero-order valence-corrected chi connectivity index (χ0v) is 13.1. The van der Waals surface area contributed by atoms with Gasteiger partial charge >= 0.3 is 0 Å². The van der Waals surface area contributed by atoms with Crippen LogP contribution in [0.25, 0.3) is 0 Å². The Hall–Kier alpha value is -1.59. The molecule has 3 rings (SSSR count). The van der Waals surface area contributed by atoms with Crippen LogP contribution in [-0.4, -0.2) is 41.2 Å². The Morgan fingerprint density at radius 3 is 2.62 bits per heavy atom. The second kappa shape index (κ2) is 6.03. The molecule has 21 heavy (non-hydrogen) atoms. The molecule has 2 heterocycles. The Morgan fingerprint density at radius 1 is 1.19 bits per heavy atom. The van der Waals surface area contributed by atoms with Crippen LogP contribution in [0.4, 0.5) is 5.69 Å². The Kier molecular flexibility index (Phi) is 4.12. The number of hydrogen-bond donors (Lipinski definition) is 0. The van der Waals surface area contributed by atoms with Gasteiger partial charge in [-0.1, -0.05) is 22.8 Å². The van der Waals surface area contributed by atoms with Gasteiger partial charge < -0.3 is 9.42 Å². The molecular formula is C15H19ClN4O. The predicted octanol–water partition coefficient (Wildman–Crippen LogP) is 2.66. The fraction of sp³-hybridized carbons (Fsp3) is 0.467. The molecule has 0 spiro atoms. The summed E-state index contributed by atoms with van der Waals surface area (Å²) in [6.45, 7) is 8.63. The van der Waals surface area contributed by atoms with E-state index in [1.54, 1.807) is 0 Å². The van der Waals surface area contributed by atoms with Crippen molar-refractivity contribution in [2.75, 3.05) is 31.1 Å². The lowest BCUT2D eigenvalue weighted by Gasteiger charge is -2.36. The molecule has 6 heteroatoms. The van der Waals surface area contributed by atoms with E-state index in [0.29, 0.717) is 5.89 Å². The van der Waals surface area contributed by atoms with E-state index >= 15 is 0 Å².